The number of rotatable bonds is 5. The number of carbonyl (C=O) groups excluding carboxylic acids is 2. The molecule has 18 heteroatoms. The van der Waals surface area contributed by atoms with Crippen LogP contribution in [-0.4, -0.2) is 48.2 Å². The Hall–Kier alpha value is -4.28. The third-order valence-corrected chi connectivity index (χ3v) is 6.55. The molecule has 5 N–H and O–H groups in total. The number of nitrogen functional groups attached to an aromatic ring is 1. The highest BCUT2D eigenvalue weighted by Gasteiger charge is 2.31. The van der Waals surface area contributed by atoms with Gasteiger partial charge >= 0.3 is 6.36 Å². The molecule has 0 saturated heterocycles. The number of ether oxygens (including phenoxy) is 2. The average Bonchev–Trinajstić information content (AvgIpc) is 3.27. The molecule has 1 aliphatic rings. The number of halogens is 5. The number of fused-ring (bicyclic) bond motifs is 2. The van der Waals surface area contributed by atoms with E-state index in [9.17, 15) is 31.2 Å². The topological polar surface area (TPSA) is 178 Å². The Balaban J connectivity index is 0.000000250. The molecule has 2 amide bonds. The van der Waals surface area contributed by atoms with Crippen molar-refractivity contribution in [2.45, 2.75) is 17.8 Å². The lowest BCUT2D eigenvalue weighted by atomic mass is 10.1. The smallest absolute Gasteiger partial charge is 0.482 e. The van der Waals surface area contributed by atoms with Gasteiger partial charge in [0.1, 0.15) is 23.3 Å². The van der Waals surface area contributed by atoms with Crippen LogP contribution in [0.15, 0.2) is 59.9 Å². The molecule has 12 nitrogen and oxygen atoms in total. The van der Waals surface area contributed by atoms with E-state index in [0.29, 0.717) is 28.2 Å². The van der Waals surface area contributed by atoms with Gasteiger partial charge in [0.25, 0.3) is 20.9 Å². The van der Waals surface area contributed by atoms with Gasteiger partial charge in [-0.1, -0.05) is 6.07 Å². The number of hydrogen-bond acceptors (Lipinski definition) is 9. The number of nitrogens with two attached hydrogens (primary N) is 1. The van der Waals surface area contributed by atoms with Gasteiger partial charge in [-0.05, 0) is 42.0 Å². The number of nitrogens with one attached hydrogen (secondary N) is 3. The standard InChI is InChI=1S/C16H14N6O3.C7H4ClF3O3S.ClH/c17-9-5-18-14-13(9)20-7-21-15(14)16(24)19-4-8-1-2-11-10(3-8)22-12(23)6-25-11;8-15(12,13)6-3-1-5(2-4-6)14-7(9,10)11;/h1-3,5,7,18H,4,6,17H2,(H,19,24)(H,22,23);1-4H;1H. The molecule has 3 heterocycles. The van der Waals surface area contributed by atoms with Crippen molar-refractivity contribution < 1.29 is 40.7 Å². The van der Waals surface area contributed by atoms with E-state index in [0.717, 1.165) is 29.8 Å². The minimum atomic E-state index is -4.80. The second kappa shape index (κ2) is 12.5. The van der Waals surface area contributed by atoms with E-state index in [2.05, 4.69) is 30.3 Å². The molecule has 0 saturated carbocycles. The van der Waals surface area contributed by atoms with Crippen LogP contribution in [0.3, 0.4) is 0 Å². The van der Waals surface area contributed by atoms with Crippen LogP contribution in [-0.2, 0) is 20.4 Å². The molecular weight excluding hydrogens is 616 g/mol. The Morgan fingerprint density at radius 1 is 1.17 bits per heavy atom. The first-order chi connectivity index (χ1) is 18.8. The summed E-state index contributed by atoms with van der Waals surface area (Å²) in [6.07, 6.45) is -1.93. The van der Waals surface area contributed by atoms with Gasteiger partial charge < -0.3 is 30.8 Å². The molecule has 218 valence electrons. The fourth-order valence-corrected chi connectivity index (χ4v) is 4.21. The van der Waals surface area contributed by atoms with Crippen LogP contribution < -0.4 is 25.8 Å². The van der Waals surface area contributed by atoms with Crippen molar-refractivity contribution in [3.05, 3.63) is 66.2 Å². The van der Waals surface area contributed by atoms with E-state index in [1.807, 2.05) is 6.07 Å². The summed E-state index contributed by atoms with van der Waals surface area (Å²) >= 11 is 0. The molecule has 0 atom stereocenters. The van der Waals surface area contributed by atoms with Crippen molar-refractivity contribution in [3.63, 3.8) is 0 Å². The Morgan fingerprint density at radius 2 is 1.88 bits per heavy atom. The van der Waals surface area contributed by atoms with Crippen LogP contribution in [0.2, 0.25) is 0 Å². The van der Waals surface area contributed by atoms with Crippen LogP contribution in [0.5, 0.6) is 11.5 Å². The summed E-state index contributed by atoms with van der Waals surface area (Å²) in [5.74, 6) is -0.464. The first-order valence-corrected chi connectivity index (χ1v) is 13.3. The van der Waals surface area contributed by atoms with Gasteiger partial charge in [0.05, 0.1) is 21.8 Å². The number of amides is 2. The fourth-order valence-electron chi connectivity index (χ4n) is 3.44. The highest BCUT2D eigenvalue weighted by molar-refractivity contribution is 8.13. The van der Waals surface area contributed by atoms with Gasteiger partial charge in [-0.2, -0.15) is 0 Å². The lowest BCUT2D eigenvalue weighted by Gasteiger charge is -2.18. The molecule has 0 bridgehead atoms. The van der Waals surface area contributed by atoms with E-state index in [1.165, 1.54) is 6.33 Å². The van der Waals surface area contributed by atoms with Crippen LogP contribution in [0, 0.1) is 0 Å². The summed E-state index contributed by atoms with van der Waals surface area (Å²) in [6.45, 7) is 0.274. The monoisotopic (exact) mass is 634 g/mol. The third kappa shape index (κ3) is 8.12. The third-order valence-electron chi connectivity index (χ3n) is 5.18. The molecule has 0 unspecified atom stereocenters. The number of nitrogens with zero attached hydrogens (tertiary/aromatic N) is 2. The molecule has 2 aromatic carbocycles. The predicted molar refractivity (Wildman–Crippen MR) is 143 cm³/mol. The molecule has 4 aromatic rings. The number of anilines is 2. The number of hydrogen-bond donors (Lipinski definition) is 4. The van der Waals surface area contributed by atoms with Crippen molar-refractivity contribution in [2.24, 2.45) is 0 Å². The lowest BCUT2D eigenvalue weighted by molar-refractivity contribution is -0.274. The minimum Gasteiger partial charge on any atom is -0.482 e. The largest absolute Gasteiger partial charge is 0.573 e. The van der Waals surface area contributed by atoms with Crippen molar-refractivity contribution in [3.8, 4) is 11.5 Å². The van der Waals surface area contributed by atoms with Crippen molar-refractivity contribution >= 4 is 66.4 Å². The summed E-state index contributed by atoms with van der Waals surface area (Å²) in [4.78, 5) is 34.5. The predicted octanol–water partition coefficient (Wildman–Crippen LogP) is 3.74. The zero-order chi connectivity index (χ0) is 29.1. The van der Waals surface area contributed by atoms with Crippen LogP contribution in [0.25, 0.3) is 11.0 Å². The fraction of sp³-hybridized carbons (Fsp3) is 0.130. The lowest BCUT2D eigenvalue weighted by Crippen LogP contribution is -2.26. The number of aromatic amines is 1. The van der Waals surface area contributed by atoms with E-state index in [4.69, 9.17) is 21.2 Å². The summed E-state index contributed by atoms with van der Waals surface area (Å²) in [5.41, 5.74) is 8.86. The summed E-state index contributed by atoms with van der Waals surface area (Å²) in [5, 5.41) is 5.52. The molecule has 0 aliphatic carbocycles. The second-order valence-corrected chi connectivity index (χ2v) is 10.6. The normalized spacial score (nSPS) is 12.5. The molecule has 1 aliphatic heterocycles. The Labute approximate surface area is 240 Å². The van der Waals surface area contributed by atoms with E-state index < -0.39 is 21.2 Å². The highest BCUT2D eigenvalue weighted by atomic mass is 35.7. The quantitative estimate of drug-likeness (QED) is 0.238. The Morgan fingerprint density at radius 3 is 2.54 bits per heavy atom. The van der Waals surface area contributed by atoms with Crippen molar-refractivity contribution in [1.29, 1.82) is 0 Å². The van der Waals surface area contributed by atoms with E-state index in [1.54, 1.807) is 18.3 Å². The average molecular weight is 635 g/mol. The molecule has 2 aromatic heterocycles. The highest BCUT2D eigenvalue weighted by Crippen LogP contribution is 2.28. The minimum absolute atomic E-state index is 0. The number of benzene rings is 2. The van der Waals surface area contributed by atoms with Crippen molar-refractivity contribution in [1.82, 2.24) is 20.3 Å². The summed E-state index contributed by atoms with van der Waals surface area (Å²) in [6, 6.07) is 8.90. The van der Waals surface area contributed by atoms with Gasteiger partial charge in [0.15, 0.2) is 12.3 Å². The zero-order valence-electron chi connectivity index (χ0n) is 20.4. The number of aromatic nitrogens is 3. The van der Waals surface area contributed by atoms with Gasteiger partial charge in [-0.3, -0.25) is 9.59 Å². The van der Waals surface area contributed by atoms with Gasteiger partial charge in [0.2, 0.25) is 0 Å². The van der Waals surface area contributed by atoms with Crippen LogP contribution in [0.4, 0.5) is 24.5 Å². The van der Waals surface area contributed by atoms with E-state index >= 15 is 0 Å². The van der Waals surface area contributed by atoms with Gasteiger partial charge in [0, 0.05) is 23.4 Å². The van der Waals surface area contributed by atoms with Gasteiger partial charge in [-0.25, -0.2) is 18.4 Å². The van der Waals surface area contributed by atoms with Crippen LogP contribution in [0.1, 0.15) is 16.1 Å². The van der Waals surface area contributed by atoms with Crippen LogP contribution >= 0.6 is 23.1 Å². The SMILES string of the molecule is Cl.Nc1c[nH]c2c(C(=O)NCc3ccc4c(c3)NC(=O)CO4)ncnc12.O=S(=O)(Cl)c1ccc(OC(F)(F)F)cc1. The molecule has 0 fully saturated rings. The molecule has 0 spiro atoms. The molecular formula is C23H19Cl2F3N6O6S. The first kappa shape index (κ1) is 31.3. The maximum atomic E-state index is 12.4. The van der Waals surface area contributed by atoms with Gasteiger partial charge in [-0.15, -0.1) is 25.6 Å². The maximum absolute atomic E-state index is 12.4. The number of carbonyl (C=O) groups is 2. The van der Waals surface area contributed by atoms with Crippen molar-refractivity contribution in [2.75, 3.05) is 17.7 Å². The first-order valence-electron chi connectivity index (χ1n) is 11.0. The van der Waals surface area contributed by atoms with E-state index in [-0.39, 0.29) is 48.0 Å². The summed E-state index contributed by atoms with van der Waals surface area (Å²) < 4.78 is 65.4. The Bertz CT molecular complexity index is 1680. The number of alkyl halides is 3. The maximum Gasteiger partial charge on any atom is 0.573 e. The molecule has 5 rings (SSSR count). The Kier molecular flexibility index (Phi) is 9.52. The summed E-state index contributed by atoms with van der Waals surface area (Å²) in [7, 11) is 1.03. The zero-order valence-corrected chi connectivity index (χ0v) is 22.7. The number of H-pyrrole nitrogens is 1. The molecule has 0 radical (unpaired) electrons. The second-order valence-electron chi connectivity index (χ2n) is 8.00. The molecule has 41 heavy (non-hydrogen) atoms.